The Morgan fingerprint density at radius 1 is 0.875 bits per heavy atom. The highest BCUT2D eigenvalue weighted by molar-refractivity contribution is 5.73. The van der Waals surface area contributed by atoms with E-state index < -0.39 is 74.0 Å². The van der Waals surface area contributed by atoms with Crippen LogP contribution in [0.4, 0.5) is 0 Å². The number of aliphatic hydroxyl groups is 7. The van der Waals surface area contributed by atoms with E-state index in [4.69, 9.17) is 19.7 Å². The van der Waals surface area contributed by atoms with Crippen molar-refractivity contribution in [2.24, 2.45) is 0 Å². The second kappa shape index (κ2) is 7.53. The normalized spacial score (nSPS) is 49.8. The van der Waals surface area contributed by atoms with E-state index in [2.05, 4.69) is 4.74 Å². The molecule has 2 saturated heterocycles. The third kappa shape index (κ3) is 3.52. The molecule has 8 N–H and O–H groups in total. The number of hydrogen-bond acceptors (Lipinski definition) is 11. The summed E-state index contributed by atoms with van der Waals surface area (Å²) >= 11 is 0. The zero-order chi connectivity index (χ0) is 18.2. The minimum atomic E-state index is -2.00. The summed E-state index contributed by atoms with van der Waals surface area (Å²) in [4.78, 5) is 11.0. The summed E-state index contributed by atoms with van der Waals surface area (Å²) in [5, 5.41) is 76.4. The first-order chi connectivity index (χ1) is 11.2. The number of carboxylic acids is 1. The molecule has 10 atom stereocenters. The predicted octanol–water partition coefficient (Wildman–Crippen LogP) is -5.30. The highest BCUT2D eigenvalue weighted by Gasteiger charge is 2.51. The third-order valence-electron chi connectivity index (χ3n) is 3.94. The van der Waals surface area contributed by atoms with Crippen molar-refractivity contribution in [2.75, 3.05) is 6.61 Å². The summed E-state index contributed by atoms with van der Waals surface area (Å²) in [7, 11) is 0. The fraction of sp³-hybridized carbons (Fsp3) is 0.917. The summed E-state index contributed by atoms with van der Waals surface area (Å²) < 4.78 is 14.7. The highest BCUT2D eigenvalue weighted by Crippen LogP contribution is 2.28. The van der Waals surface area contributed by atoms with Crippen LogP contribution in [0.3, 0.4) is 0 Å². The molecule has 0 aromatic heterocycles. The molecule has 0 bridgehead atoms. The molecule has 2 rings (SSSR count). The predicted molar refractivity (Wildman–Crippen MR) is 69.2 cm³/mol. The van der Waals surface area contributed by atoms with Crippen LogP contribution in [0, 0.1) is 0 Å². The smallest absolute Gasteiger partial charge is 0.335 e. The Balaban J connectivity index is 2.16. The largest absolute Gasteiger partial charge is 0.479 e. The van der Waals surface area contributed by atoms with Gasteiger partial charge < -0.3 is 55.1 Å². The maximum absolute atomic E-state index is 11.0. The lowest BCUT2D eigenvalue weighted by Crippen LogP contribution is -2.65. The fourth-order valence-corrected chi connectivity index (χ4v) is 2.55. The van der Waals surface area contributed by atoms with Crippen LogP contribution in [-0.2, 0) is 19.0 Å². The molecule has 0 spiro atoms. The van der Waals surface area contributed by atoms with E-state index >= 15 is 0 Å². The van der Waals surface area contributed by atoms with Gasteiger partial charge in [-0.2, -0.15) is 0 Å². The lowest BCUT2D eigenvalue weighted by Gasteiger charge is -2.44. The van der Waals surface area contributed by atoms with Crippen molar-refractivity contribution in [1.82, 2.24) is 0 Å². The number of hydrogen-bond donors (Lipinski definition) is 8. The second-order valence-corrected chi connectivity index (χ2v) is 5.56. The minimum Gasteiger partial charge on any atom is -0.479 e. The Labute approximate surface area is 135 Å². The molecule has 140 valence electrons. The van der Waals surface area contributed by atoms with Gasteiger partial charge in [0.2, 0.25) is 0 Å². The molecule has 2 aliphatic heterocycles. The Morgan fingerprint density at radius 2 is 1.50 bits per heavy atom. The van der Waals surface area contributed by atoms with Crippen molar-refractivity contribution in [3.8, 4) is 0 Å². The minimum absolute atomic E-state index is 0.732. The zero-order valence-corrected chi connectivity index (χ0v) is 12.2. The van der Waals surface area contributed by atoms with Gasteiger partial charge >= 0.3 is 5.97 Å². The number of carbonyl (C=O) groups is 1. The molecule has 0 aromatic rings. The van der Waals surface area contributed by atoms with Crippen molar-refractivity contribution in [1.29, 1.82) is 0 Å². The van der Waals surface area contributed by atoms with Crippen molar-refractivity contribution in [3.05, 3.63) is 0 Å². The van der Waals surface area contributed by atoms with Gasteiger partial charge in [-0.25, -0.2) is 4.79 Å². The molecule has 0 radical (unpaired) electrons. The van der Waals surface area contributed by atoms with Crippen molar-refractivity contribution in [3.63, 3.8) is 0 Å². The standard InChI is InChI=1S/C12H20O12/c13-1-2-3(14)4(15)5(16)12(22-2)24-8-6(17)9(10(19)20)23-11(21)7(8)18/h2-9,11-18,21H,1H2,(H,19,20)/t2-,3-,4+,5-,6+,7-,8+,9+,11+,12+/m1/s1. The molecular weight excluding hydrogens is 336 g/mol. The molecule has 0 aliphatic carbocycles. The molecular formula is C12H20O12. The molecule has 0 amide bonds. The summed E-state index contributed by atoms with van der Waals surface area (Å²) in [6.45, 7) is -0.732. The third-order valence-corrected chi connectivity index (χ3v) is 3.94. The molecule has 0 aromatic carbocycles. The van der Waals surface area contributed by atoms with E-state index in [-0.39, 0.29) is 0 Å². The highest BCUT2D eigenvalue weighted by atomic mass is 16.7. The van der Waals surface area contributed by atoms with Crippen molar-refractivity contribution < 1.29 is 59.9 Å². The van der Waals surface area contributed by atoms with E-state index in [1.165, 1.54) is 0 Å². The van der Waals surface area contributed by atoms with E-state index in [1.807, 2.05) is 0 Å². The topological polar surface area (TPSA) is 207 Å². The van der Waals surface area contributed by atoms with Gasteiger partial charge in [-0.3, -0.25) is 0 Å². The van der Waals surface area contributed by atoms with Gasteiger partial charge in [0, 0.05) is 0 Å². The van der Waals surface area contributed by atoms with Crippen LogP contribution in [0.2, 0.25) is 0 Å². The summed E-state index contributed by atoms with van der Waals surface area (Å²) in [6, 6.07) is 0. The van der Waals surface area contributed by atoms with Crippen LogP contribution in [0.15, 0.2) is 0 Å². The summed E-state index contributed by atoms with van der Waals surface area (Å²) in [6.07, 6.45) is -17.8. The van der Waals surface area contributed by atoms with Gasteiger partial charge in [0.15, 0.2) is 18.7 Å². The molecule has 2 fully saturated rings. The number of carboxylic acid groups (broad SMARTS) is 1. The molecule has 24 heavy (non-hydrogen) atoms. The van der Waals surface area contributed by atoms with E-state index in [1.54, 1.807) is 0 Å². The first-order valence-corrected chi connectivity index (χ1v) is 7.07. The van der Waals surface area contributed by atoms with Crippen LogP contribution >= 0.6 is 0 Å². The Kier molecular flexibility index (Phi) is 6.09. The van der Waals surface area contributed by atoms with E-state index in [9.17, 15) is 35.4 Å². The first kappa shape index (κ1) is 19.4. The molecule has 0 unspecified atom stereocenters. The summed E-state index contributed by atoms with van der Waals surface area (Å²) in [5.74, 6) is -1.63. The second-order valence-electron chi connectivity index (χ2n) is 5.56. The maximum atomic E-state index is 11.0. The van der Waals surface area contributed by atoms with Gasteiger partial charge in [0.05, 0.1) is 6.61 Å². The average molecular weight is 356 g/mol. The number of ether oxygens (including phenoxy) is 3. The lowest BCUT2D eigenvalue weighted by atomic mass is 9.97. The first-order valence-electron chi connectivity index (χ1n) is 7.07. The van der Waals surface area contributed by atoms with Gasteiger partial charge in [0.1, 0.15) is 42.7 Å². The van der Waals surface area contributed by atoms with E-state index in [0.29, 0.717) is 0 Å². The Morgan fingerprint density at radius 3 is 2.04 bits per heavy atom. The molecule has 12 nitrogen and oxygen atoms in total. The Bertz CT molecular complexity index is 444. The van der Waals surface area contributed by atoms with Crippen LogP contribution in [0.1, 0.15) is 0 Å². The van der Waals surface area contributed by atoms with Crippen LogP contribution < -0.4 is 0 Å². The fourth-order valence-electron chi connectivity index (χ4n) is 2.55. The lowest BCUT2D eigenvalue weighted by molar-refractivity contribution is -0.352. The SMILES string of the molecule is O=C(O)[C@H]1O[C@H](O)[C@H](O)[C@@H](O[C@@H]2O[C@H](CO)[C@@H](O)[C@H](O)[C@H]2O)[C@@H]1O. The van der Waals surface area contributed by atoms with Crippen LogP contribution in [-0.4, -0.2) is 115 Å². The number of aliphatic carboxylic acids is 1. The maximum Gasteiger partial charge on any atom is 0.335 e. The molecule has 2 heterocycles. The molecule has 2 aliphatic rings. The average Bonchev–Trinajstić information content (AvgIpc) is 2.54. The van der Waals surface area contributed by atoms with Crippen molar-refractivity contribution in [2.45, 2.75) is 61.4 Å². The van der Waals surface area contributed by atoms with Gasteiger partial charge in [-0.1, -0.05) is 0 Å². The van der Waals surface area contributed by atoms with Gasteiger partial charge in [-0.15, -0.1) is 0 Å². The quantitative estimate of drug-likeness (QED) is 0.238. The monoisotopic (exact) mass is 356 g/mol. The van der Waals surface area contributed by atoms with Crippen LogP contribution in [0.5, 0.6) is 0 Å². The zero-order valence-electron chi connectivity index (χ0n) is 12.2. The van der Waals surface area contributed by atoms with Crippen LogP contribution in [0.25, 0.3) is 0 Å². The molecule has 0 saturated carbocycles. The Hall–Kier alpha value is -0.930. The van der Waals surface area contributed by atoms with Gasteiger partial charge in [0.25, 0.3) is 0 Å². The molecule has 12 heteroatoms. The van der Waals surface area contributed by atoms with Crippen molar-refractivity contribution >= 4 is 5.97 Å². The van der Waals surface area contributed by atoms with Gasteiger partial charge in [-0.05, 0) is 0 Å². The summed E-state index contributed by atoms with van der Waals surface area (Å²) in [5.41, 5.74) is 0. The number of rotatable bonds is 4. The number of aliphatic hydroxyl groups excluding tert-OH is 7. The van der Waals surface area contributed by atoms with E-state index in [0.717, 1.165) is 0 Å².